The minimum atomic E-state index is -0.197. The first-order valence-corrected chi connectivity index (χ1v) is 10.0. The lowest BCUT2D eigenvalue weighted by atomic mass is 9.85. The standard InChI is InChI=1S/C24H22N2O3/c1-14-2-8-18(9-3-14)25-20(27)12-15-4-10-19(11-5-15)26-23(28)21-16-6-7-17(13-16)22(21)24(26)29/h2-11,16-17,21-22H,12-13H2,1H3,(H,25,27). The van der Waals surface area contributed by atoms with Gasteiger partial charge < -0.3 is 5.32 Å². The molecule has 2 fully saturated rings. The molecular weight excluding hydrogens is 364 g/mol. The van der Waals surface area contributed by atoms with E-state index in [4.69, 9.17) is 0 Å². The van der Waals surface area contributed by atoms with Crippen LogP contribution in [0.5, 0.6) is 0 Å². The Morgan fingerprint density at radius 3 is 2.10 bits per heavy atom. The van der Waals surface area contributed by atoms with Crippen LogP contribution in [0, 0.1) is 30.6 Å². The number of imide groups is 1. The number of aryl methyl sites for hydroxylation is 1. The van der Waals surface area contributed by atoms with Crippen LogP contribution in [0.25, 0.3) is 0 Å². The summed E-state index contributed by atoms with van der Waals surface area (Å²) in [6, 6.07) is 14.8. The number of anilines is 2. The minimum absolute atomic E-state index is 0.0817. The van der Waals surface area contributed by atoms with Crippen molar-refractivity contribution in [2.75, 3.05) is 10.2 Å². The molecule has 2 aromatic carbocycles. The number of nitrogens with one attached hydrogen (secondary N) is 1. The van der Waals surface area contributed by atoms with Crippen LogP contribution in [0.2, 0.25) is 0 Å². The second-order valence-corrected chi connectivity index (χ2v) is 8.27. The van der Waals surface area contributed by atoms with Crippen molar-refractivity contribution in [3.8, 4) is 0 Å². The van der Waals surface area contributed by atoms with E-state index >= 15 is 0 Å². The average Bonchev–Trinajstić information content (AvgIpc) is 3.38. The van der Waals surface area contributed by atoms with E-state index in [9.17, 15) is 14.4 Å². The molecular formula is C24H22N2O3. The van der Waals surface area contributed by atoms with E-state index in [1.165, 1.54) is 4.90 Å². The lowest BCUT2D eigenvalue weighted by Gasteiger charge is -2.17. The molecule has 0 radical (unpaired) electrons. The molecule has 2 aliphatic carbocycles. The third-order valence-corrected chi connectivity index (χ3v) is 6.36. The zero-order valence-corrected chi connectivity index (χ0v) is 16.2. The molecule has 146 valence electrons. The summed E-state index contributed by atoms with van der Waals surface area (Å²) in [5.74, 6) is -0.252. The van der Waals surface area contributed by atoms with Crippen LogP contribution in [0.3, 0.4) is 0 Å². The van der Waals surface area contributed by atoms with Gasteiger partial charge in [0.1, 0.15) is 0 Å². The number of carbonyl (C=O) groups excluding carboxylic acids is 3. The summed E-state index contributed by atoms with van der Waals surface area (Å²) < 4.78 is 0. The van der Waals surface area contributed by atoms with Gasteiger partial charge in [-0.1, -0.05) is 42.0 Å². The van der Waals surface area contributed by atoms with Gasteiger partial charge in [0.25, 0.3) is 0 Å². The summed E-state index contributed by atoms with van der Waals surface area (Å²) in [5.41, 5.74) is 3.33. The number of rotatable bonds is 4. The van der Waals surface area contributed by atoms with Gasteiger partial charge in [0.15, 0.2) is 0 Å². The van der Waals surface area contributed by atoms with Crippen LogP contribution in [-0.2, 0) is 20.8 Å². The maximum atomic E-state index is 12.9. The number of allylic oxidation sites excluding steroid dienone is 2. The van der Waals surface area contributed by atoms with E-state index in [-0.39, 0.29) is 47.8 Å². The maximum Gasteiger partial charge on any atom is 0.238 e. The summed E-state index contributed by atoms with van der Waals surface area (Å²) in [6.07, 6.45) is 5.34. The molecule has 3 aliphatic rings. The SMILES string of the molecule is Cc1ccc(NC(=O)Cc2ccc(N3C(=O)C4C5C=CC(C5)C4C3=O)cc2)cc1. The van der Waals surface area contributed by atoms with E-state index in [1.54, 1.807) is 12.1 Å². The predicted molar refractivity (Wildman–Crippen MR) is 110 cm³/mol. The first-order valence-electron chi connectivity index (χ1n) is 10.0. The Bertz CT molecular complexity index is 993. The molecule has 1 N–H and O–H groups in total. The molecule has 0 aromatic heterocycles. The third kappa shape index (κ3) is 2.97. The number of carbonyl (C=O) groups is 3. The highest BCUT2D eigenvalue weighted by atomic mass is 16.2. The van der Waals surface area contributed by atoms with Gasteiger partial charge in [0.2, 0.25) is 17.7 Å². The summed E-state index contributed by atoms with van der Waals surface area (Å²) in [5, 5.41) is 2.88. The number of fused-ring (bicyclic) bond motifs is 5. The van der Waals surface area contributed by atoms with Crippen molar-refractivity contribution in [2.45, 2.75) is 19.8 Å². The molecule has 5 nitrogen and oxygen atoms in total. The molecule has 2 bridgehead atoms. The fourth-order valence-corrected chi connectivity index (χ4v) is 4.95. The smallest absolute Gasteiger partial charge is 0.238 e. The van der Waals surface area contributed by atoms with Crippen molar-refractivity contribution in [3.63, 3.8) is 0 Å². The van der Waals surface area contributed by atoms with Crippen LogP contribution in [-0.4, -0.2) is 17.7 Å². The Morgan fingerprint density at radius 1 is 0.931 bits per heavy atom. The van der Waals surface area contributed by atoms with E-state index in [0.29, 0.717) is 5.69 Å². The lowest BCUT2D eigenvalue weighted by Crippen LogP contribution is -2.32. The summed E-state index contributed by atoms with van der Waals surface area (Å²) in [7, 11) is 0. The van der Waals surface area contributed by atoms with Crippen LogP contribution in [0.4, 0.5) is 11.4 Å². The highest BCUT2D eigenvalue weighted by Gasteiger charge is 2.59. The number of nitrogens with zero attached hydrogens (tertiary/aromatic N) is 1. The Hall–Kier alpha value is -3.21. The minimum Gasteiger partial charge on any atom is -0.326 e. The molecule has 5 rings (SSSR count). The van der Waals surface area contributed by atoms with Crippen molar-refractivity contribution < 1.29 is 14.4 Å². The molecule has 4 atom stereocenters. The Balaban J connectivity index is 1.27. The van der Waals surface area contributed by atoms with Gasteiger partial charge in [-0.05, 0) is 55.0 Å². The van der Waals surface area contributed by atoms with E-state index in [0.717, 1.165) is 23.2 Å². The first-order chi connectivity index (χ1) is 14.0. The highest BCUT2D eigenvalue weighted by Crippen LogP contribution is 2.53. The fraction of sp³-hybridized carbons (Fsp3) is 0.292. The molecule has 2 aromatic rings. The van der Waals surface area contributed by atoms with E-state index < -0.39 is 0 Å². The van der Waals surface area contributed by atoms with Crippen LogP contribution < -0.4 is 10.2 Å². The normalized spacial score (nSPS) is 26.9. The van der Waals surface area contributed by atoms with Gasteiger partial charge in [0, 0.05) is 5.69 Å². The van der Waals surface area contributed by atoms with Gasteiger partial charge in [-0.2, -0.15) is 0 Å². The zero-order valence-electron chi connectivity index (χ0n) is 16.2. The van der Waals surface area contributed by atoms with Gasteiger partial charge >= 0.3 is 0 Å². The van der Waals surface area contributed by atoms with Crippen LogP contribution in [0.15, 0.2) is 60.7 Å². The molecule has 4 unspecified atom stereocenters. The molecule has 29 heavy (non-hydrogen) atoms. The lowest BCUT2D eigenvalue weighted by molar-refractivity contribution is -0.123. The van der Waals surface area contributed by atoms with Crippen molar-refractivity contribution in [3.05, 3.63) is 71.8 Å². The first kappa shape index (κ1) is 17.9. The highest BCUT2D eigenvalue weighted by molar-refractivity contribution is 6.22. The number of benzene rings is 2. The molecule has 3 amide bonds. The van der Waals surface area contributed by atoms with Gasteiger partial charge in [-0.3, -0.25) is 19.3 Å². The topological polar surface area (TPSA) is 66.5 Å². The summed E-state index contributed by atoms with van der Waals surface area (Å²) in [4.78, 5) is 39.4. The largest absolute Gasteiger partial charge is 0.326 e. The van der Waals surface area contributed by atoms with Gasteiger partial charge in [-0.15, -0.1) is 0 Å². The van der Waals surface area contributed by atoms with Gasteiger partial charge in [-0.25, -0.2) is 0 Å². The molecule has 0 spiro atoms. The van der Waals surface area contributed by atoms with Crippen LogP contribution in [0.1, 0.15) is 17.5 Å². The van der Waals surface area contributed by atoms with Crippen molar-refractivity contribution >= 4 is 29.1 Å². The van der Waals surface area contributed by atoms with Crippen molar-refractivity contribution in [1.82, 2.24) is 0 Å². The number of amides is 3. The van der Waals surface area contributed by atoms with E-state index in [1.807, 2.05) is 43.3 Å². The third-order valence-electron chi connectivity index (χ3n) is 6.36. The van der Waals surface area contributed by atoms with Crippen LogP contribution >= 0.6 is 0 Å². The quantitative estimate of drug-likeness (QED) is 0.646. The Kier molecular flexibility index (Phi) is 4.12. The molecule has 5 heteroatoms. The zero-order chi connectivity index (χ0) is 20.1. The summed E-state index contributed by atoms with van der Waals surface area (Å²) >= 11 is 0. The number of hydrogen-bond acceptors (Lipinski definition) is 3. The fourth-order valence-electron chi connectivity index (χ4n) is 4.95. The van der Waals surface area contributed by atoms with Crippen molar-refractivity contribution in [1.29, 1.82) is 0 Å². The molecule has 1 heterocycles. The maximum absolute atomic E-state index is 12.9. The monoisotopic (exact) mass is 386 g/mol. The predicted octanol–water partition coefficient (Wildman–Crippen LogP) is 3.49. The Labute approximate surface area is 169 Å². The van der Waals surface area contributed by atoms with Crippen molar-refractivity contribution in [2.24, 2.45) is 23.7 Å². The molecule has 1 saturated heterocycles. The molecule has 1 aliphatic heterocycles. The Morgan fingerprint density at radius 2 is 1.52 bits per heavy atom. The molecule has 1 saturated carbocycles. The second-order valence-electron chi connectivity index (χ2n) is 8.27. The average molecular weight is 386 g/mol. The second kappa shape index (κ2) is 6.69. The number of hydrogen-bond donors (Lipinski definition) is 1. The van der Waals surface area contributed by atoms with E-state index in [2.05, 4.69) is 17.5 Å². The van der Waals surface area contributed by atoms with Gasteiger partial charge in [0.05, 0.1) is 23.9 Å². The summed E-state index contributed by atoms with van der Waals surface area (Å²) in [6.45, 7) is 2.00.